The SMILES string of the molecule is CCC(CC(C)(C)C)(c1ccc(O)cc1)c1ccc(O)cc1. The number of phenolic OH excluding ortho intramolecular Hbond substituents is 2. The summed E-state index contributed by atoms with van der Waals surface area (Å²) in [5.74, 6) is 0.574. The molecule has 2 N–H and O–H groups in total. The van der Waals surface area contributed by atoms with Gasteiger partial charge in [0.15, 0.2) is 0 Å². The van der Waals surface area contributed by atoms with E-state index in [-0.39, 0.29) is 22.3 Å². The molecule has 0 atom stereocenters. The summed E-state index contributed by atoms with van der Waals surface area (Å²) in [6, 6.07) is 15.1. The minimum absolute atomic E-state index is 0.125. The average molecular weight is 298 g/mol. The number of hydrogen-bond donors (Lipinski definition) is 2. The Morgan fingerprint density at radius 1 is 0.727 bits per heavy atom. The molecule has 0 spiro atoms. The highest BCUT2D eigenvalue weighted by Crippen LogP contribution is 2.45. The van der Waals surface area contributed by atoms with E-state index in [2.05, 4.69) is 27.7 Å². The molecule has 2 nitrogen and oxygen atoms in total. The maximum Gasteiger partial charge on any atom is 0.115 e. The van der Waals surface area contributed by atoms with Crippen LogP contribution in [0.1, 0.15) is 51.7 Å². The highest BCUT2D eigenvalue weighted by atomic mass is 16.3. The Hall–Kier alpha value is -1.96. The van der Waals surface area contributed by atoms with Crippen LogP contribution in [0.15, 0.2) is 48.5 Å². The van der Waals surface area contributed by atoms with Crippen LogP contribution in [0.3, 0.4) is 0 Å². The standard InChI is InChI=1S/C20H26O2/c1-5-20(14-19(2,3)4,15-6-10-17(21)11-7-15)16-8-12-18(22)13-9-16/h6-13,21-22H,5,14H2,1-4H3. The summed E-state index contributed by atoms with van der Waals surface area (Å²) in [4.78, 5) is 0. The second-order valence-electron chi connectivity index (χ2n) is 7.27. The molecule has 2 aromatic rings. The second kappa shape index (κ2) is 6.04. The van der Waals surface area contributed by atoms with Crippen molar-refractivity contribution in [1.82, 2.24) is 0 Å². The van der Waals surface area contributed by atoms with Gasteiger partial charge >= 0.3 is 0 Å². The van der Waals surface area contributed by atoms with Crippen LogP contribution in [0.5, 0.6) is 11.5 Å². The molecular weight excluding hydrogens is 272 g/mol. The van der Waals surface area contributed by atoms with Crippen LogP contribution >= 0.6 is 0 Å². The molecule has 0 heterocycles. The minimum atomic E-state index is -0.125. The fourth-order valence-corrected chi connectivity index (χ4v) is 3.37. The predicted molar refractivity (Wildman–Crippen MR) is 91.4 cm³/mol. The van der Waals surface area contributed by atoms with Gasteiger partial charge in [-0.1, -0.05) is 52.0 Å². The first kappa shape index (κ1) is 16.4. The van der Waals surface area contributed by atoms with Gasteiger partial charge in [0.2, 0.25) is 0 Å². The summed E-state index contributed by atoms with van der Waals surface area (Å²) >= 11 is 0. The highest BCUT2D eigenvalue weighted by Gasteiger charge is 2.36. The smallest absolute Gasteiger partial charge is 0.115 e. The summed E-state index contributed by atoms with van der Waals surface area (Å²) in [6.07, 6.45) is 1.95. The van der Waals surface area contributed by atoms with Gasteiger partial charge in [-0.15, -0.1) is 0 Å². The van der Waals surface area contributed by atoms with E-state index in [4.69, 9.17) is 0 Å². The predicted octanol–water partition coefficient (Wildman–Crippen LogP) is 5.23. The van der Waals surface area contributed by atoms with Crippen LogP contribution < -0.4 is 0 Å². The Labute approximate surface area is 133 Å². The summed E-state index contributed by atoms with van der Waals surface area (Å²) in [7, 11) is 0. The van der Waals surface area contributed by atoms with Gasteiger partial charge in [0, 0.05) is 5.41 Å². The maximum absolute atomic E-state index is 9.60. The van der Waals surface area contributed by atoms with Crippen molar-refractivity contribution in [2.24, 2.45) is 5.41 Å². The topological polar surface area (TPSA) is 40.5 Å². The molecule has 0 aliphatic heterocycles. The van der Waals surface area contributed by atoms with Crippen LogP contribution in [0.4, 0.5) is 0 Å². The summed E-state index contributed by atoms with van der Waals surface area (Å²) < 4.78 is 0. The first-order valence-electron chi connectivity index (χ1n) is 7.86. The summed E-state index contributed by atoms with van der Waals surface area (Å²) in [5.41, 5.74) is 2.44. The molecular formula is C20H26O2. The van der Waals surface area contributed by atoms with Gasteiger partial charge in [0.05, 0.1) is 0 Å². The van der Waals surface area contributed by atoms with E-state index in [9.17, 15) is 10.2 Å². The molecule has 2 aromatic carbocycles. The van der Waals surface area contributed by atoms with Gasteiger partial charge in [0.25, 0.3) is 0 Å². The molecule has 0 bridgehead atoms. The lowest BCUT2D eigenvalue weighted by atomic mass is 9.64. The lowest BCUT2D eigenvalue weighted by Gasteiger charge is -2.39. The van der Waals surface area contributed by atoms with Crippen molar-refractivity contribution in [1.29, 1.82) is 0 Å². The molecule has 0 radical (unpaired) electrons. The van der Waals surface area contributed by atoms with E-state index in [1.807, 2.05) is 24.3 Å². The number of hydrogen-bond acceptors (Lipinski definition) is 2. The quantitative estimate of drug-likeness (QED) is 0.811. The van der Waals surface area contributed by atoms with Crippen LogP contribution in [-0.4, -0.2) is 10.2 Å². The van der Waals surface area contributed by atoms with Crippen molar-refractivity contribution in [3.63, 3.8) is 0 Å². The molecule has 2 heteroatoms. The number of phenols is 2. The lowest BCUT2D eigenvalue weighted by Crippen LogP contribution is -2.32. The highest BCUT2D eigenvalue weighted by molar-refractivity contribution is 5.43. The van der Waals surface area contributed by atoms with Crippen molar-refractivity contribution in [3.8, 4) is 11.5 Å². The van der Waals surface area contributed by atoms with Gasteiger partial charge in [-0.3, -0.25) is 0 Å². The Morgan fingerprint density at radius 2 is 1.09 bits per heavy atom. The third-order valence-corrected chi connectivity index (χ3v) is 4.28. The largest absolute Gasteiger partial charge is 0.508 e. The van der Waals surface area contributed by atoms with E-state index in [0.717, 1.165) is 12.8 Å². The molecule has 0 aliphatic carbocycles. The molecule has 0 saturated carbocycles. The maximum atomic E-state index is 9.60. The lowest BCUT2D eigenvalue weighted by molar-refractivity contribution is 0.278. The van der Waals surface area contributed by atoms with Crippen LogP contribution in [0.2, 0.25) is 0 Å². The molecule has 118 valence electrons. The van der Waals surface area contributed by atoms with Gasteiger partial charge in [-0.2, -0.15) is 0 Å². The minimum Gasteiger partial charge on any atom is -0.508 e. The van der Waals surface area contributed by atoms with E-state index >= 15 is 0 Å². The number of benzene rings is 2. The van der Waals surface area contributed by atoms with E-state index in [1.54, 1.807) is 24.3 Å². The van der Waals surface area contributed by atoms with Crippen molar-refractivity contribution in [2.45, 2.75) is 46.0 Å². The normalized spacial score (nSPS) is 12.4. The van der Waals surface area contributed by atoms with Gasteiger partial charge in [-0.05, 0) is 53.6 Å². The molecule has 22 heavy (non-hydrogen) atoms. The van der Waals surface area contributed by atoms with Crippen molar-refractivity contribution in [3.05, 3.63) is 59.7 Å². The Balaban J connectivity index is 2.60. The molecule has 0 amide bonds. The Morgan fingerprint density at radius 3 is 1.36 bits per heavy atom. The summed E-state index contributed by atoms with van der Waals surface area (Å²) in [6.45, 7) is 8.94. The molecule has 0 aromatic heterocycles. The van der Waals surface area contributed by atoms with E-state index < -0.39 is 0 Å². The van der Waals surface area contributed by atoms with Gasteiger partial charge in [-0.25, -0.2) is 0 Å². The van der Waals surface area contributed by atoms with Crippen molar-refractivity contribution < 1.29 is 10.2 Å². The molecule has 0 saturated heterocycles. The first-order chi connectivity index (χ1) is 10.3. The fourth-order valence-electron chi connectivity index (χ4n) is 3.37. The van der Waals surface area contributed by atoms with Crippen LogP contribution in [0, 0.1) is 5.41 Å². The number of rotatable bonds is 4. The van der Waals surface area contributed by atoms with Crippen LogP contribution in [0.25, 0.3) is 0 Å². The van der Waals surface area contributed by atoms with E-state index in [1.165, 1.54) is 11.1 Å². The van der Waals surface area contributed by atoms with Crippen LogP contribution in [-0.2, 0) is 5.41 Å². The van der Waals surface area contributed by atoms with Crippen molar-refractivity contribution in [2.75, 3.05) is 0 Å². The molecule has 0 fully saturated rings. The van der Waals surface area contributed by atoms with Gasteiger partial charge < -0.3 is 10.2 Å². The monoisotopic (exact) mass is 298 g/mol. The molecule has 0 unspecified atom stereocenters. The summed E-state index contributed by atoms with van der Waals surface area (Å²) in [5, 5.41) is 19.2. The third-order valence-electron chi connectivity index (χ3n) is 4.28. The number of aromatic hydroxyl groups is 2. The molecule has 2 rings (SSSR count). The molecule has 0 aliphatic rings. The first-order valence-corrected chi connectivity index (χ1v) is 7.86. The van der Waals surface area contributed by atoms with Crippen molar-refractivity contribution >= 4 is 0 Å². The zero-order valence-electron chi connectivity index (χ0n) is 13.9. The zero-order valence-corrected chi connectivity index (χ0v) is 13.9. The third kappa shape index (κ3) is 3.44. The van der Waals surface area contributed by atoms with Gasteiger partial charge in [0.1, 0.15) is 11.5 Å². The Bertz CT molecular complexity index is 558. The fraction of sp³-hybridized carbons (Fsp3) is 0.400. The Kier molecular flexibility index (Phi) is 4.50. The second-order valence-corrected chi connectivity index (χ2v) is 7.27. The average Bonchev–Trinajstić information content (AvgIpc) is 2.45. The van der Waals surface area contributed by atoms with E-state index in [0.29, 0.717) is 0 Å². The zero-order chi connectivity index (χ0) is 16.4.